The van der Waals surface area contributed by atoms with Gasteiger partial charge in [0.05, 0.1) is 5.69 Å². The van der Waals surface area contributed by atoms with Crippen LogP contribution in [0.25, 0.3) is 0 Å². The Morgan fingerprint density at radius 3 is 2.82 bits per heavy atom. The molecule has 1 aromatic heterocycles. The van der Waals surface area contributed by atoms with Gasteiger partial charge in [-0.1, -0.05) is 0 Å². The Kier molecular flexibility index (Phi) is 5.45. The van der Waals surface area contributed by atoms with Gasteiger partial charge in [-0.25, -0.2) is 4.79 Å². The third kappa shape index (κ3) is 5.33. The number of rotatable bonds is 7. The maximum absolute atomic E-state index is 12.2. The molecule has 1 aromatic rings. The molecule has 0 radical (unpaired) electrons. The normalized spacial score (nSPS) is 16.4. The Balaban J connectivity index is 1.72. The number of amides is 1. The number of hydrogen-bond acceptors (Lipinski definition) is 4. The van der Waals surface area contributed by atoms with E-state index in [-0.39, 0.29) is 12.1 Å². The molecular weight excluding hydrogens is 280 g/mol. The van der Waals surface area contributed by atoms with Gasteiger partial charge in [0.2, 0.25) is 0 Å². The van der Waals surface area contributed by atoms with Gasteiger partial charge in [-0.3, -0.25) is 5.10 Å². The van der Waals surface area contributed by atoms with Gasteiger partial charge in [0.1, 0.15) is 5.60 Å². The van der Waals surface area contributed by atoms with E-state index >= 15 is 0 Å². The van der Waals surface area contributed by atoms with Gasteiger partial charge in [0.25, 0.3) is 0 Å². The van der Waals surface area contributed by atoms with Crippen LogP contribution in [-0.4, -0.2) is 45.9 Å². The SMILES string of the molecule is CC(NCCCN(C(=O)OC(C)(C)C)C1CC1)c1ccn[nH]1. The van der Waals surface area contributed by atoms with Gasteiger partial charge in [-0.15, -0.1) is 0 Å². The van der Waals surface area contributed by atoms with E-state index in [2.05, 4.69) is 22.4 Å². The summed E-state index contributed by atoms with van der Waals surface area (Å²) in [5.41, 5.74) is 0.642. The summed E-state index contributed by atoms with van der Waals surface area (Å²) in [4.78, 5) is 14.1. The van der Waals surface area contributed by atoms with Gasteiger partial charge in [0, 0.05) is 24.8 Å². The highest BCUT2D eigenvalue weighted by Gasteiger charge is 2.34. The average Bonchev–Trinajstić information content (AvgIpc) is 3.09. The number of nitrogens with one attached hydrogen (secondary N) is 2. The monoisotopic (exact) mass is 308 g/mol. The zero-order valence-corrected chi connectivity index (χ0v) is 14.1. The minimum absolute atomic E-state index is 0.184. The fourth-order valence-electron chi connectivity index (χ4n) is 2.32. The third-order valence-electron chi connectivity index (χ3n) is 3.63. The average molecular weight is 308 g/mol. The topological polar surface area (TPSA) is 70.2 Å². The number of nitrogens with zero attached hydrogens (tertiary/aromatic N) is 2. The second-order valence-corrected chi connectivity index (χ2v) is 6.95. The quantitative estimate of drug-likeness (QED) is 0.760. The van der Waals surface area contributed by atoms with Crippen LogP contribution < -0.4 is 5.32 Å². The van der Waals surface area contributed by atoms with E-state index in [0.29, 0.717) is 6.04 Å². The molecule has 0 aliphatic heterocycles. The summed E-state index contributed by atoms with van der Waals surface area (Å²) in [6, 6.07) is 2.58. The zero-order chi connectivity index (χ0) is 16.2. The van der Waals surface area contributed by atoms with Crippen LogP contribution >= 0.6 is 0 Å². The lowest BCUT2D eigenvalue weighted by atomic mass is 10.2. The first-order valence-corrected chi connectivity index (χ1v) is 8.09. The summed E-state index contributed by atoms with van der Waals surface area (Å²) in [5, 5.41) is 10.4. The Labute approximate surface area is 132 Å². The Morgan fingerprint density at radius 2 is 2.27 bits per heavy atom. The van der Waals surface area contributed by atoms with E-state index in [1.807, 2.05) is 31.7 Å². The molecule has 124 valence electrons. The summed E-state index contributed by atoms with van der Waals surface area (Å²) in [6.07, 6.45) is 4.67. The van der Waals surface area contributed by atoms with Crippen molar-refractivity contribution in [2.75, 3.05) is 13.1 Å². The van der Waals surface area contributed by atoms with E-state index < -0.39 is 5.60 Å². The third-order valence-corrected chi connectivity index (χ3v) is 3.63. The Bertz CT molecular complexity index is 463. The number of aromatic nitrogens is 2. The standard InChI is InChI=1S/C16H28N4O2/c1-12(14-8-10-18-19-14)17-9-5-11-20(13-6-7-13)15(21)22-16(2,3)4/h8,10,12-13,17H,5-7,9,11H2,1-4H3,(H,18,19). The predicted octanol–water partition coefficient (Wildman–Crippen LogP) is 2.85. The first kappa shape index (κ1) is 16.8. The first-order chi connectivity index (χ1) is 10.4. The van der Waals surface area contributed by atoms with Crippen LogP contribution in [0.5, 0.6) is 0 Å². The van der Waals surface area contributed by atoms with Gasteiger partial charge in [-0.2, -0.15) is 5.10 Å². The molecule has 1 amide bonds. The molecule has 0 bridgehead atoms. The number of carbonyl (C=O) groups excluding carboxylic acids is 1. The number of hydrogen-bond donors (Lipinski definition) is 2. The molecule has 1 atom stereocenters. The number of H-pyrrole nitrogens is 1. The lowest BCUT2D eigenvalue weighted by molar-refractivity contribution is 0.0232. The van der Waals surface area contributed by atoms with Gasteiger partial charge >= 0.3 is 6.09 Å². The van der Waals surface area contributed by atoms with Crippen molar-refractivity contribution < 1.29 is 9.53 Å². The lowest BCUT2D eigenvalue weighted by Gasteiger charge is -2.27. The van der Waals surface area contributed by atoms with Crippen LogP contribution in [0.4, 0.5) is 4.79 Å². The smallest absolute Gasteiger partial charge is 0.410 e. The van der Waals surface area contributed by atoms with Crippen LogP contribution in [-0.2, 0) is 4.74 Å². The number of ether oxygens (including phenoxy) is 1. The largest absolute Gasteiger partial charge is 0.444 e. The fraction of sp³-hybridized carbons (Fsp3) is 0.750. The molecule has 0 spiro atoms. The molecule has 6 heteroatoms. The Hall–Kier alpha value is -1.56. The van der Waals surface area contributed by atoms with Crippen molar-refractivity contribution in [2.24, 2.45) is 0 Å². The summed E-state index contributed by atoms with van der Waals surface area (Å²) in [5.74, 6) is 0. The molecule has 1 fully saturated rings. The molecule has 22 heavy (non-hydrogen) atoms. The van der Waals surface area contributed by atoms with Crippen molar-refractivity contribution in [1.82, 2.24) is 20.4 Å². The minimum Gasteiger partial charge on any atom is -0.444 e. The molecule has 0 aromatic carbocycles. The molecule has 1 heterocycles. The minimum atomic E-state index is -0.433. The van der Waals surface area contributed by atoms with Crippen molar-refractivity contribution in [3.05, 3.63) is 18.0 Å². The molecule has 1 aliphatic carbocycles. The van der Waals surface area contributed by atoms with E-state index in [0.717, 1.165) is 38.0 Å². The number of carbonyl (C=O) groups is 1. The van der Waals surface area contributed by atoms with Gasteiger partial charge < -0.3 is 15.0 Å². The highest BCUT2D eigenvalue weighted by Crippen LogP contribution is 2.28. The van der Waals surface area contributed by atoms with Gasteiger partial charge in [0.15, 0.2) is 0 Å². The van der Waals surface area contributed by atoms with E-state index in [4.69, 9.17) is 4.74 Å². The van der Waals surface area contributed by atoms with Crippen molar-refractivity contribution in [2.45, 2.75) is 64.6 Å². The fourth-order valence-corrected chi connectivity index (χ4v) is 2.32. The van der Waals surface area contributed by atoms with Crippen LogP contribution in [0.3, 0.4) is 0 Å². The van der Waals surface area contributed by atoms with Crippen LogP contribution in [0.2, 0.25) is 0 Å². The van der Waals surface area contributed by atoms with Crippen molar-refractivity contribution in [1.29, 1.82) is 0 Å². The highest BCUT2D eigenvalue weighted by atomic mass is 16.6. The number of aromatic amines is 1. The van der Waals surface area contributed by atoms with Crippen LogP contribution in [0.1, 0.15) is 58.7 Å². The van der Waals surface area contributed by atoms with Gasteiger partial charge in [-0.05, 0) is 59.6 Å². The summed E-state index contributed by atoms with van der Waals surface area (Å²) < 4.78 is 5.49. The predicted molar refractivity (Wildman–Crippen MR) is 85.6 cm³/mol. The Morgan fingerprint density at radius 1 is 1.55 bits per heavy atom. The summed E-state index contributed by atoms with van der Waals surface area (Å²) >= 11 is 0. The molecule has 1 saturated carbocycles. The maximum atomic E-state index is 12.2. The molecule has 0 saturated heterocycles. The molecule has 6 nitrogen and oxygen atoms in total. The highest BCUT2D eigenvalue weighted by molar-refractivity contribution is 5.69. The summed E-state index contributed by atoms with van der Waals surface area (Å²) in [6.45, 7) is 9.41. The molecule has 2 rings (SSSR count). The molecule has 2 N–H and O–H groups in total. The second kappa shape index (κ2) is 7.13. The zero-order valence-electron chi connectivity index (χ0n) is 14.1. The van der Waals surface area contributed by atoms with Crippen molar-refractivity contribution >= 4 is 6.09 Å². The maximum Gasteiger partial charge on any atom is 0.410 e. The van der Waals surface area contributed by atoms with Crippen LogP contribution in [0.15, 0.2) is 12.3 Å². The van der Waals surface area contributed by atoms with E-state index in [1.54, 1.807) is 6.20 Å². The molecule has 1 aliphatic rings. The molecular formula is C16H28N4O2. The van der Waals surface area contributed by atoms with E-state index in [1.165, 1.54) is 0 Å². The van der Waals surface area contributed by atoms with Crippen LogP contribution in [0, 0.1) is 0 Å². The molecule has 1 unspecified atom stereocenters. The van der Waals surface area contributed by atoms with Crippen molar-refractivity contribution in [3.63, 3.8) is 0 Å². The lowest BCUT2D eigenvalue weighted by Crippen LogP contribution is -2.39. The van der Waals surface area contributed by atoms with Crippen molar-refractivity contribution in [3.8, 4) is 0 Å². The summed E-state index contributed by atoms with van der Waals surface area (Å²) in [7, 11) is 0. The second-order valence-electron chi connectivity index (χ2n) is 6.95. The van der Waals surface area contributed by atoms with E-state index in [9.17, 15) is 4.79 Å². The first-order valence-electron chi connectivity index (χ1n) is 8.09.